The van der Waals surface area contributed by atoms with Crippen LogP contribution in [0.2, 0.25) is 0 Å². The number of quaternary nitrogens is 1. The van der Waals surface area contributed by atoms with E-state index in [1.807, 2.05) is 0 Å². The van der Waals surface area contributed by atoms with Gasteiger partial charge in [-0.05, 0) is 18.8 Å². The molecule has 0 fully saturated rings. The molecule has 146 valence electrons. The van der Waals surface area contributed by atoms with Crippen LogP contribution in [0, 0.1) is 5.92 Å². The molecule has 0 bridgehead atoms. The molecule has 0 amide bonds. The average Bonchev–Trinajstić information content (AvgIpc) is 2.50. The molecule has 0 aliphatic rings. The number of rotatable bonds is 18. The molecule has 0 radical (unpaired) electrons. The summed E-state index contributed by atoms with van der Waals surface area (Å²) >= 11 is 0. The van der Waals surface area contributed by atoms with Gasteiger partial charge in [0.15, 0.2) is 0 Å². The minimum atomic E-state index is 0.310. The summed E-state index contributed by atoms with van der Waals surface area (Å²) in [6.45, 7) is 7.06. The van der Waals surface area contributed by atoms with Gasteiger partial charge in [0.2, 0.25) is 0 Å². The predicted molar refractivity (Wildman–Crippen MR) is 108 cm³/mol. The van der Waals surface area contributed by atoms with E-state index in [2.05, 4.69) is 27.9 Å². The molecule has 0 aliphatic heterocycles. The lowest BCUT2D eigenvalue weighted by atomic mass is 10.0. The van der Waals surface area contributed by atoms with Gasteiger partial charge in [-0.2, -0.15) is 0 Å². The van der Waals surface area contributed by atoms with Crippen molar-refractivity contribution < 1.29 is 9.59 Å². The Morgan fingerprint density at radius 1 is 0.583 bits per heavy atom. The van der Waals surface area contributed by atoms with E-state index in [-0.39, 0.29) is 0 Å². The molecule has 24 heavy (non-hydrogen) atoms. The molecule has 0 atom stereocenters. The number of unbranched alkanes of at least 4 members (excludes halogenated alkanes) is 12. The number of aliphatic hydroxyl groups is 1. The molecular formula is C22H48NO+. The highest BCUT2D eigenvalue weighted by Gasteiger charge is 2.12. The first-order valence-corrected chi connectivity index (χ1v) is 10.9. The second-order valence-corrected chi connectivity index (χ2v) is 8.89. The minimum absolute atomic E-state index is 0.310. The zero-order valence-corrected chi connectivity index (χ0v) is 17.5. The Balaban J connectivity index is 3.13. The van der Waals surface area contributed by atoms with Gasteiger partial charge in [-0.3, -0.25) is 0 Å². The van der Waals surface area contributed by atoms with Crippen molar-refractivity contribution in [3.63, 3.8) is 0 Å². The predicted octanol–water partition coefficient (Wildman–Crippen LogP) is 6.17. The zero-order valence-electron chi connectivity index (χ0n) is 17.5. The van der Waals surface area contributed by atoms with Crippen molar-refractivity contribution in [1.29, 1.82) is 0 Å². The fraction of sp³-hybridized carbons (Fsp3) is 1.00. The van der Waals surface area contributed by atoms with E-state index >= 15 is 0 Å². The summed E-state index contributed by atoms with van der Waals surface area (Å²) in [6, 6.07) is 0. The average molecular weight is 343 g/mol. The van der Waals surface area contributed by atoms with Crippen molar-refractivity contribution in [1.82, 2.24) is 0 Å². The molecule has 0 aromatic carbocycles. The molecule has 2 heteroatoms. The zero-order chi connectivity index (χ0) is 18.1. The van der Waals surface area contributed by atoms with Crippen molar-refractivity contribution in [3.8, 4) is 0 Å². The smallest absolute Gasteiger partial charge is 0.102 e. The van der Waals surface area contributed by atoms with Crippen molar-refractivity contribution in [2.24, 2.45) is 5.92 Å². The first-order valence-electron chi connectivity index (χ1n) is 10.9. The Labute approximate surface area is 153 Å². The van der Waals surface area contributed by atoms with Gasteiger partial charge in [0.1, 0.15) is 6.54 Å². The Bertz CT molecular complexity index is 250. The molecule has 1 N–H and O–H groups in total. The molecule has 0 aromatic rings. The molecule has 0 aliphatic carbocycles. The van der Waals surface area contributed by atoms with E-state index in [0.717, 1.165) is 16.9 Å². The number of likely N-dealkylation sites (N-methyl/N-ethyl adjacent to an activating group) is 1. The molecule has 0 saturated heterocycles. The highest BCUT2D eigenvalue weighted by Crippen LogP contribution is 2.14. The number of hydrogen-bond donors (Lipinski definition) is 1. The molecule has 0 aromatic heterocycles. The van der Waals surface area contributed by atoms with Gasteiger partial charge < -0.3 is 9.59 Å². The lowest BCUT2D eigenvalue weighted by Gasteiger charge is -2.28. The second-order valence-electron chi connectivity index (χ2n) is 8.89. The largest absolute Gasteiger partial charge is 0.391 e. The summed E-state index contributed by atoms with van der Waals surface area (Å²) < 4.78 is 0.966. The van der Waals surface area contributed by atoms with Gasteiger partial charge in [0.05, 0.1) is 27.2 Å². The van der Waals surface area contributed by atoms with Crippen molar-refractivity contribution in [3.05, 3.63) is 0 Å². The molecule has 0 spiro atoms. The highest BCUT2D eigenvalue weighted by molar-refractivity contribution is 4.51. The Hall–Kier alpha value is -0.0800. The fourth-order valence-electron chi connectivity index (χ4n) is 3.42. The summed E-state index contributed by atoms with van der Waals surface area (Å²) in [5.41, 5.74) is 0. The third kappa shape index (κ3) is 18.3. The van der Waals surface area contributed by atoms with Crippen molar-refractivity contribution in [2.45, 2.75) is 104 Å². The van der Waals surface area contributed by atoms with Crippen LogP contribution in [0.4, 0.5) is 0 Å². The van der Waals surface area contributed by atoms with Crippen LogP contribution in [0.1, 0.15) is 104 Å². The summed E-state index contributed by atoms with van der Waals surface area (Å²) in [6.07, 6.45) is 20.0. The van der Waals surface area contributed by atoms with E-state index in [1.165, 1.54) is 96.4 Å². The first kappa shape index (κ1) is 23.9. The van der Waals surface area contributed by atoms with Crippen LogP contribution in [0.25, 0.3) is 0 Å². The van der Waals surface area contributed by atoms with Crippen LogP contribution in [-0.2, 0) is 0 Å². The third-order valence-corrected chi connectivity index (χ3v) is 5.25. The number of hydrogen-bond acceptors (Lipinski definition) is 1. The first-order chi connectivity index (χ1) is 11.5. The molecule has 2 nitrogen and oxygen atoms in total. The normalized spacial score (nSPS) is 12.2. The molecular weight excluding hydrogens is 294 g/mol. The van der Waals surface area contributed by atoms with Gasteiger partial charge >= 0.3 is 0 Å². The van der Waals surface area contributed by atoms with Gasteiger partial charge in [0.25, 0.3) is 0 Å². The molecule has 0 heterocycles. The highest BCUT2D eigenvalue weighted by atomic mass is 16.3. The lowest BCUT2D eigenvalue weighted by Crippen LogP contribution is -2.42. The summed E-state index contributed by atoms with van der Waals surface area (Å²) in [5, 5.41) is 9.02. The van der Waals surface area contributed by atoms with Gasteiger partial charge in [0, 0.05) is 0 Å². The Morgan fingerprint density at radius 3 is 1.33 bits per heavy atom. The van der Waals surface area contributed by atoms with Crippen LogP contribution < -0.4 is 0 Å². The topological polar surface area (TPSA) is 20.2 Å². The van der Waals surface area contributed by atoms with Crippen LogP contribution in [0.5, 0.6) is 0 Å². The van der Waals surface area contributed by atoms with Crippen molar-refractivity contribution >= 4 is 0 Å². The molecule has 0 unspecified atom stereocenters. The number of nitrogens with zero attached hydrogens (tertiary/aromatic N) is 1. The fourth-order valence-corrected chi connectivity index (χ4v) is 3.42. The lowest BCUT2D eigenvalue weighted by molar-refractivity contribution is -0.890. The maximum absolute atomic E-state index is 9.02. The van der Waals surface area contributed by atoms with Crippen LogP contribution in [0.3, 0.4) is 0 Å². The standard InChI is InChI=1S/C22H48NO/c1-22(2)18-16-14-12-10-8-6-5-7-9-11-13-15-17-19-23(3,4)20-21-24/h22,24H,5-21H2,1-4H3/q+1. The van der Waals surface area contributed by atoms with Gasteiger partial charge in [-0.1, -0.05) is 90.9 Å². The van der Waals surface area contributed by atoms with E-state index in [1.54, 1.807) is 0 Å². The Kier molecular flexibility index (Phi) is 16.3. The third-order valence-electron chi connectivity index (χ3n) is 5.25. The monoisotopic (exact) mass is 342 g/mol. The van der Waals surface area contributed by atoms with E-state index in [4.69, 9.17) is 5.11 Å². The summed E-state index contributed by atoms with van der Waals surface area (Å²) in [5.74, 6) is 0.885. The summed E-state index contributed by atoms with van der Waals surface area (Å²) in [7, 11) is 4.45. The van der Waals surface area contributed by atoms with Crippen LogP contribution in [0.15, 0.2) is 0 Å². The maximum Gasteiger partial charge on any atom is 0.102 e. The van der Waals surface area contributed by atoms with E-state index in [9.17, 15) is 0 Å². The quantitative estimate of drug-likeness (QED) is 0.233. The van der Waals surface area contributed by atoms with Gasteiger partial charge in [-0.15, -0.1) is 0 Å². The minimum Gasteiger partial charge on any atom is -0.391 e. The van der Waals surface area contributed by atoms with E-state index < -0.39 is 0 Å². The maximum atomic E-state index is 9.02. The second kappa shape index (κ2) is 16.4. The van der Waals surface area contributed by atoms with Gasteiger partial charge in [-0.25, -0.2) is 0 Å². The molecule has 0 saturated carbocycles. The van der Waals surface area contributed by atoms with E-state index in [0.29, 0.717) is 6.61 Å². The molecule has 0 rings (SSSR count). The Morgan fingerprint density at radius 2 is 0.958 bits per heavy atom. The van der Waals surface area contributed by atoms with Crippen LogP contribution in [-0.4, -0.2) is 43.4 Å². The van der Waals surface area contributed by atoms with Crippen molar-refractivity contribution in [2.75, 3.05) is 33.8 Å². The van der Waals surface area contributed by atoms with Crippen LogP contribution >= 0.6 is 0 Å². The summed E-state index contributed by atoms with van der Waals surface area (Å²) in [4.78, 5) is 0. The SMILES string of the molecule is CC(C)CCCCCCCCCCCCCCC[N+](C)(C)CCO. The number of aliphatic hydroxyl groups excluding tert-OH is 1.